The molecule has 0 spiro atoms. The van der Waals surface area contributed by atoms with Gasteiger partial charge in [0.25, 0.3) is 0 Å². The zero-order valence-corrected chi connectivity index (χ0v) is 20.6. The third-order valence-electron chi connectivity index (χ3n) is 7.08. The van der Waals surface area contributed by atoms with Crippen molar-refractivity contribution < 1.29 is 13.2 Å². The Kier molecular flexibility index (Phi) is 6.77. The summed E-state index contributed by atoms with van der Waals surface area (Å²) in [7, 11) is -1.84. The Hall–Kier alpha value is -2.61. The van der Waals surface area contributed by atoms with Crippen LogP contribution in [0.4, 0.5) is 0 Å². The molecule has 1 N–H and O–H groups in total. The van der Waals surface area contributed by atoms with Gasteiger partial charge in [0.1, 0.15) is 5.75 Å². The summed E-state index contributed by atoms with van der Waals surface area (Å²) in [4.78, 5) is 6.43. The van der Waals surface area contributed by atoms with Gasteiger partial charge in [0.15, 0.2) is 0 Å². The lowest BCUT2D eigenvalue weighted by molar-refractivity contribution is 0.190. The summed E-state index contributed by atoms with van der Waals surface area (Å²) < 4.78 is 33.0. The maximum atomic E-state index is 12.9. The number of likely N-dealkylation sites (tertiary alicyclic amines) is 1. The highest BCUT2D eigenvalue weighted by molar-refractivity contribution is 7.89. The van der Waals surface area contributed by atoms with E-state index in [2.05, 4.69) is 46.3 Å². The fraction of sp³-hybridized carbons (Fsp3) is 0.407. The van der Waals surface area contributed by atoms with Crippen LogP contribution >= 0.6 is 0 Å². The second-order valence-corrected chi connectivity index (χ2v) is 11.2. The van der Waals surface area contributed by atoms with Gasteiger partial charge in [0.05, 0.1) is 12.0 Å². The summed E-state index contributed by atoms with van der Waals surface area (Å²) in [6.45, 7) is 3.08. The first kappa shape index (κ1) is 23.1. The fourth-order valence-corrected chi connectivity index (χ4v) is 6.60. The van der Waals surface area contributed by atoms with Crippen LogP contribution in [-0.2, 0) is 16.6 Å². The van der Waals surface area contributed by atoms with Crippen molar-refractivity contribution in [2.75, 3.05) is 26.7 Å². The van der Waals surface area contributed by atoms with Crippen molar-refractivity contribution in [2.24, 2.45) is 0 Å². The first-order valence-electron chi connectivity index (χ1n) is 12.2. The molecule has 1 atom stereocenters. The largest absolute Gasteiger partial charge is 0.496 e. The van der Waals surface area contributed by atoms with Crippen LogP contribution in [0.5, 0.6) is 5.75 Å². The first-order chi connectivity index (χ1) is 16.6. The summed E-state index contributed by atoms with van der Waals surface area (Å²) >= 11 is 0. The van der Waals surface area contributed by atoms with Gasteiger partial charge in [-0.2, -0.15) is 4.31 Å². The van der Waals surface area contributed by atoms with Crippen LogP contribution in [0.1, 0.15) is 49.4 Å². The quantitative estimate of drug-likeness (QED) is 0.506. The zero-order chi connectivity index (χ0) is 23.5. The Morgan fingerprint density at radius 1 is 0.941 bits per heavy atom. The van der Waals surface area contributed by atoms with Gasteiger partial charge in [-0.15, -0.1) is 0 Å². The van der Waals surface area contributed by atoms with Crippen LogP contribution in [-0.4, -0.2) is 49.4 Å². The maximum absolute atomic E-state index is 12.9. The number of methoxy groups -OCH3 is 1. The molecular formula is C27H33N3O3S. The minimum absolute atomic E-state index is 0.316. The molecule has 34 heavy (non-hydrogen) atoms. The third kappa shape index (κ3) is 4.65. The Labute approximate surface area is 202 Å². The molecule has 2 aliphatic rings. The van der Waals surface area contributed by atoms with Crippen molar-refractivity contribution in [2.45, 2.75) is 49.6 Å². The summed E-state index contributed by atoms with van der Waals surface area (Å²) in [6.07, 6.45) is 5.82. The third-order valence-corrected chi connectivity index (χ3v) is 8.98. The van der Waals surface area contributed by atoms with E-state index < -0.39 is 10.0 Å². The van der Waals surface area contributed by atoms with Gasteiger partial charge in [-0.05, 0) is 61.7 Å². The summed E-state index contributed by atoms with van der Waals surface area (Å²) in [5.41, 5.74) is 4.14. The number of benzene rings is 2. The molecule has 2 aromatic carbocycles. The van der Waals surface area contributed by atoms with E-state index in [0.29, 0.717) is 29.8 Å². The number of aromatic nitrogens is 1. The van der Waals surface area contributed by atoms with Crippen molar-refractivity contribution >= 4 is 10.0 Å². The van der Waals surface area contributed by atoms with E-state index >= 15 is 0 Å². The monoisotopic (exact) mass is 479 g/mol. The average Bonchev–Trinajstić information content (AvgIpc) is 3.15. The van der Waals surface area contributed by atoms with Crippen molar-refractivity contribution in [3.8, 4) is 17.0 Å². The van der Waals surface area contributed by atoms with Gasteiger partial charge < -0.3 is 9.72 Å². The molecule has 1 aromatic heterocycles. The molecule has 5 rings (SSSR count). The predicted octanol–water partition coefficient (Wildman–Crippen LogP) is 5.20. The van der Waals surface area contributed by atoms with E-state index in [1.54, 1.807) is 25.3 Å². The smallest absolute Gasteiger partial charge is 0.243 e. The highest BCUT2D eigenvalue weighted by Gasteiger charge is 2.30. The van der Waals surface area contributed by atoms with Crippen molar-refractivity contribution in [3.05, 3.63) is 71.9 Å². The highest BCUT2D eigenvalue weighted by atomic mass is 32.2. The second kappa shape index (κ2) is 9.94. The molecule has 6 nitrogen and oxygen atoms in total. The van der Waals surface area contributed by atoms with Crippen LogP contribution in [0, 0.1) is 0 Å². The highest BCUT2D eigenvalue weighted by Crippen LogP contribution is 2.35. The van der Waals surface area contributed by atoms with Gasteiger partial charge in [0.2, 0.25) is 10.0 Å². The molecule has 0 aliphatic carbocycles. The minimum atomic E-state index is -3.46. The Balaban J connectivity index is 1.41. The van der Waals surface area contributed by atoms with Crippen LogP contribution in [0.25, 0.3) is 11.3 Å². The molecule has 0 amide bonds. The normalized spacial score (nSPS) is 20.0. The van der Waals surface area contributed by atoms with E-state index in [4.69, 9.17) is 4.74 Å². The summed E-state index contributed by atoms with van der Waals surface area (Å²) in [5.74, 6) is 0.660. The summed E-state index contributed by atoms with van der Waals surface area (Å²) in [5, 5.41) is 0. The minimum Gasteiger partial charge on any atom is -0.496 e. The summed E-state index contributed by atoms with van der Waals surface area (Å²) in [6, 6.07) is 20.5. The Morgan fingerprint density at radius 3 is 2.50 bits per heavy atom. The molecule has 2 fully saturated rings. The Morgan fingerprint density at radius 2 is 1.76 bits per heavy atom. The van der Waals surface area contributed by atoms with Crippen molar-refractivity contribution in [1.82, 2.24) is 14.2 Å². The molecule has 0 saturated carbocycles. The molecule has 2 aliphatic heterocycles. The lowest BCUT2D eigenvalue weighted by Gasteiger charge is -2.30. The first-order valence-corrected chi connectivity index (χ1v) is 13.7. The predicted molar refractivity (Wildman–Crippen MR) is 134 cm³/mol. The molecule has 7 heteroatoms. The van der Waals surface area contributed by atoms with E-state index in [0.717, 1.165) is 36.5 Å². The van der Waals surface area contributed by atoms with Gasteiger partial charge in [-0.25, -0.2) is 8.42 Å². The lowest BCUT2D eigenvalue weighted by atomic mass is 10.0. The molecule has 1 unspecified atom stereocenters. The van der Waals surface area contributed by atoms with Crippen LogP contribution < -0.4 is 4.74 Å². The molecule has 180 valence electrons. The second-order valence-electron chi connectivity index (χ2n) is 9.26. The standard InChI is InChI=1S/C27H33N3O3S/c1-33-27-15-13-23(34(31,32)30-17-8-18-30)19-24(27)25-14-12-22(28-25)20-29-16-7-3-6-11-26(29)21-9-4-2-5-10-21/h2,4-5,9-10,12-15,19,26,28H,3,6-8,11,16-18,20H2,1H3. The van der Waals surface area contributed by atoms with Gasteiger partial charge >= 0.3 is 0 Å². The number of H-pyrrole nitrogens is 1. The van der Waals surface area contributed by atoms with Crippen molar-refractivity contribution in [1.29, 1.82) is 0 Å². The van der Waals surface area contributed by atoms with E-state index in [1.807, 2.05) is 6.07 Å². The fourth-order valence-electron chi connectivity index (χ4n) is 5.05. The van der Waals surface area contributed by atoms with Gasteiger partial charge in [-0.3, -0.25) is 4.90 Å². The van der Waals surface area contributed by atoms with Crippen LogP contribution in [0.2, 0.25) is 0 Å². The Bertz CT molecular complexity index is 1220. The molecular weight excluding hydrogens is 446 g/mol. The number of rotatable bonds is 7. The van der Waals surface area contributed by atoms with Crippen LogP contribution in [0.15, 0.2) is 65.6 Å². The van der Waals surface area contributed by atoms with Crippen molar-refractivity contribution in [3.63, 3.8) is 0 Å². The zero-order valence-electron chi connectivity index (χ0n) is 19.7. The van der Waals surface area contributed by atoms with E-state index in [-0.39, 0.29) is 0 Å². The number of nitrogens with one attached hydrogen (secondary N) is 1. The molecule has 2 saturated heterocycles. The number of aromatic amines is 1. The number of hydrogen-bond donors (Lipinski definition) is 1. The number of sulfonamides is 1. The topological polar surface area (TPSA) is 65.6 Å². The molecule has 0 radical (unpaired) electrons. The van der Waals surface area contributed by atoms with Gasteiger partial charge in [0, 0.05) is 42.6 Å². The number of hydrogen-bond acceptors (Lipinski definition) is 4. The van der Waals surface area contributed by atoms with Crippen LogP contribution in [0.3, 0.4) is 0 Å². The number of nitrogens with zero attached hydrogens (tertiary/aromatic N) is 2. The molecule has 3 aromatic rings. The van der Waals surface area contributed by atoms with E-state index in [9.17, 15) is 8.42 Å². The lowest BCUT2D eigenvalue weighted by Crippen LogP contribution is -2.41. The van der Waals surface area contributed by atoms with Gasteiger partial charge in [-0.1, -0.05) is 43.2 Å². The molecule has 3 heterocycles. The average molecular weight is 480 g/mol. The molecule has 0 bridgehead atoms. The van der Waals surface area contributed by atoms with E-state index in [1.165, 1.54) is 35.6 Å². The number of ether oxygens (including phenoxy) is 1. The maximum Gasteiger partial charge on any atom is 0.243 e. The SMILES string of the molecule is COc1ccc(S(=O)(=O)N2CCC2)cc1-c1ccc(CN2CCCCCC2c2ccccc2)[nH]1.